The van der Waals surface area contributed by atoms with Gasteiger partial charge in [-0.3, -0.25) is 4.90 Å². The van der Waals surface area contributed by atoms with Crippen LogP contribution >= 0.6 is 0 Å². The van der Waals surface area contributed by atoms with Crippen LogP contribution in [0, 0.1) is 5.92 Å². The maximum absolute atomic E-state index is 3.23. The maximum Gasteiger partial charge on any atom is 0.0236 e. The van der Waals surface area contributed by atoms with E-state index in [1.54, 1.807) is 0 Å². The second kappa shape index (κ2) is 9.15. The summed E-state index contributed by atoms with van der Waals surface area (Å²) in [6.07, 6.45) is 2.47. The Morgan fingerprint density at radius 2 is 1.75 bits per heavy atom. The molecule has 0 bridgehead atoms. The maximum atomic E-state index is 3.23. The van der Waals surface area contributed by atoms with Crippen LogP contribution in [0.15, 0.2) is 24.3 Å². The van der Waals surface area contributed by atoms with Crippen molar-refractivity contribution in [1.82, 2.24) is 10.2 Å². The third-order valence-corrected chi connectivity index (χ3v) is 3.82. The lowest BCUT2D eigenvalue weighted by molar-refractivity contribution is 0.157. The van der Waals surface area contributed by atoms with Gasteiger partial charge in [0, 0.05) is 25.7 Å². The Bertz CT molecular complexity index is 369. The molecule has 1 N–H and O–H groups in total. The van der Waals surface area contributed by atoms with E-state index in [0.717, 1.165) is 19.0 Å². The van der Waals surface area contributed by atoms with Gasteiger partial charge in [0.2, 0.25) is 0 Å². The van der Waals surface area contributed by atoms with E-state index in [4.69, 9.17) is 0 Å². The molecular weight excluding hydrogens is 244 g/mol. The van der Waals surface area contributed by atoms with Gasteiger partial charge in [-0.1, -0.05) is 52.0 Å². The molecule has 0 saturated heterocycles. The lowest BCUT2D eigenvalue weighted by atomic mass is 10.0. The summed E-state index contributed by atoms with van der Waals surface area (Å²) in [5, 5.41) is 3.23. The van der Waals surface area contributed by atoms with Gasteiger partial charge in [0.05, 0.1) is 0 Å². The van der Waals surface area contributed by atoms with Crippen LogP contribution in [0.1, 0.15) is 51.7 Å². The summed E-state index contributed by atoms with van der Waals surface area (Å²) in [4.78, 5) is 2.66. The zero-order chi connectivity index (χ0) is 15.0. The molecule has 0 fully saturated rings. The molecule has 1 rings (SSSR count). The summed E-state index contributed by atoms with van der Waals surface area (Å²) in [7, 11) is 2.00. The highest BCUT2D eigenvalue weighted by Crippen LogP contribution is 2.16. The minimum Gasteiger partial charge on any atom is -0.316 e. The molecule has 0 atom stereocenters. The van der Waals surface area contributed by atoms with Crippen LogP contribution in [0.4, 0.5) is 0 Å². The number of benzene rings is 1. The molecule has 0 saturated carbocycles. The Balaban J connectivity index is 2.79. The highest BCUT2D eigenvalue weighted by molar-refractivity contribution is 5.23. The average molecular weight is 276 g/mol. The molecule has 114 valence electrons. The van der Waals surface area contributed by atoms with Gasteiger partial charge < -0.3 is 5.32 Å². The SMILES string of the molecule is CCC(CC)N(Cc1cccc(CNC)c1)CC(C)C. The van der Waals surface area contributed by atoms with Crippen molar-refractivity contribution in [1.29, 1.82) is 0 Å². The first kappa shape index (κ1) is 17.2. The Hall–Kier alpha value is -0.860. The highest BCUT2D eigenvalue weighted by atomic mass is 15.2. The van der Waals surface area contributed by atoms with Crippen LogP contribution in [0.5, 0.6) is 0 Å². The van der Waals surface area contributed by atoms with E-state index < -0.39 is 0 Å². The van der Waals surface area contributed by atoms with E-state index in [0.29, 0.717) is 6.04 Å². The van der Waals surface area contributed by atoms with Gasteiger partial charge in [-0.25, -0.2) is 0 Å². The summed E-state index contributed by atoms with van der Waals surface area (Å²) >= 11 is 0. The van der Waals surface area contributed by atoms with Crippen LogP contribution < -0.4 is 5.32 Å². The smallest absolute Gasteiger partial charge is 0.0236 e. The van der Waals surface area contributed by atoms with Gasteiger partial charge in [-0.05, 0) is 36.9 Å². The molecule has 0 heterocycles. The van der Waals surface area contributed by atoms with E-state index in [9.17, 15) is 0 Å². The van der Waals surface area contributed by atoms with E-state index in [2.05, 4.69) is 62.2 Å². The molecule has 1 aromatic carbocycles. The molecule has 0 aliphatic carbocycles. The van der Waals surface area contributed by atoms with Crippen LogP contribution in [0.25, 0.3) is 0 Å². The topological polar surface area (TPSA) is 15.3 Å². The first-order valence-corrected chi connectivity index (χ1v) is 8.07. The quantitative estimate of drug-likeness (QED) is 0.732. The van der Waals surface area contributed by atoms with Crippen LogP contribution in [0.3, 0.4) is 0 Å². The molecule has 1 aromatic rings. The molecule has 0 aromatic heterocycles. The summed E-state index contributed by atoms with van der Waals surface area (Å²) in [5.74, 6) is 0.719. The van der Waals surface area contributed by atoms with E-state index in [-0.39, 0.29) is 0 Å². The Labute approximate surface area is 125 Å². The molecule has 0 unspecified atom stereocenters. The highest BCUT2D eigenvalue weighted by Gasteiger charge is 2.16. The van der Waals surface area contributed by atoms with Crippen molar-refractivity contribution in [3.63, 3.8) is 0 Å². The number of hydrogen-bond acceptors (Lipinski definition) is 2. The van der Waals surface area contributed by atoms with Crippen molar-refractivity contribution in [2.75, 3.05) is 13.6 Å². The Kier molecular flexibility index (Phi) is 7.86. The van der Waals surface area contributed by atoms with Gasteiger partial charge >= 0.3 is 0 Å². The van der Waals surface area contributed by atoms with Gasteiger partial charge in [0.15, 0.2) is 0 Å². The predicted octanol–water partition coefficient (Wildman–Crippen LogP) is 4.05. The van der Waals surface area contributed by atoms with Crippen molar-refractivity contribution in [2.45, 2.75) is 59.7 Å². The first-order chi connectivity index (χ1) is 9.60. The van der Waals surface area contributed by atoms with Crippen molar-refractivity contribution in [3.05, 3.63) is 35.4 Å². The third-order valence-electron chi connectivity index (χ3n) is 3.82. The van der Waals surface area contributed by atoms with E-state index >= 15 is 0 Å². The molecule has 2 nitrogen and oxygen atoms in total. The minimum atomic E-state index is 0.699. The van der Waals surface area contributed by atoms with Gasteiger partial charge in [-0.15, -0.1) is 0 Å². The number of nitrogens with zero attached hydrogens (tertiary/aromatic N) is 1. The normalized spacial score (nSPS) is 11.8. The Morgan fingerprint density at radius 1 is 1.10 bits per heavy atom. The molecule has 0 radical (unpaired) electrons. The zero-order valence-corrected chi connectivity index (χ0v) is 13.9. The molecule has 2 heteroatoms. The van der Waals surface area contributed by atoms with Crippen LogP contribution in [0.2, 0.25) is 0 Å². The lowest BCUT2D eigenvalue weighted by Crippen LogP contribution is -2.36. The molecule has 0 aliphatic heterocycles. The monoisotopic (exact) mass is 276 g/mol. The standard InChI is InChI=1S/C18H32N2/c1-6-18(7-2)20(13-15(3)4)14-17-10-8-9-16(11-17)12-19-5/h8-11,15,18-19H,6-7,12-14H2,1-5H3. The number of rotatable bonds is 9. The van der Waals surface area contributed by atoms with Gasteiger partial charge in [0.25, 0.3) is 0 Å². The number of hydrogen-bond donors (Lipinski definition) is 1. The van der Waals surface area contributed by atoms with E-state index in [1.165, 1.54) is 30.5 Å². The average Bonchev–Trinajstić information content (AvgIpc) is 2.40. The molecule has 0 aliphatic rings. The van der Waals surface area contributed by atoms with Crippen molar-refractivity contribution in [2.24, 2.45) is 5.92 Å². The number of nitrogens with one attached hydrogen (secondary N) is 1. The van der Waals surface area contributed by atoms with Gasteiger partial charge in [-0.2, -0.15) is 0 Å². The summed E-state index contributed by atoms with van der Waals surface area (Å²) in [6.45, 7) is 12.4. The fraction of sp³-hybridized carbons (Fsp3) is 0.667. The summed E-state index contributed by atoms with van der Waals surface area (Å²) < 4.78 is 0. The first-order valence-electron chi connectivity index (χ1n) is 8.07. The largest absolute Gasteiger partial charge is 0.316 e. The summed E-state index contributed by atoms with van der Waals surface area (Å²) in [6, 6.07) is 9.68. The predicted molar refractivity (Wildman–Crippen MR) is 88.8 cm³/mol. The van der Waals surface area contributed by atoms with Crippen LogP contribution in [-0.4, -0.2) is 24.5 Å². The zero-order valence-electron chi connectivity index (χ0n) is 13.9. The van der Waals surface area contributed by atoms with Crippen LogP contribution in [-0.2, 0) is 13.1 Å². The molecule has 0 spiro atoms. The second-order valence-electron chi connectivity index (χ2n) is 6.14. The second-order valence-corrected chi connectivity index (χ2v) is 6.14. The van der Waals surface area contributed by atoms with Crippen molar-refractivity contribution < 1.29 is 0 Å². The molecule has 0 amide bonds. The third kappa shape index (κ3) is 5.64. The summed E-state index contributed by atoms with van der Waals surface area (Å²) in [5.41, 5.74) is 2.81. The van der Waals surface area contributed by atoms with E-state index in [1.807, 2.05) is 7.05 Å². The minimum absolute atomic E-state index is 0.699. The van der Waals surface area contributed by atoms with Gasteiger partial charge in [0.1, 0.15) is 0 Å². The Morgan fingerprint density at radius 3 is 2.30 bits per heavy atom. The molecular formula is C18H32N2. The van der Waals surface area contributed by atoms with Crippen molar-refractivity contribution >= 4 is 0 Å². The fourth-order valence-corrected chi connectivity index (χ4v) is 2.89. The lowest BCUT2D eigenvalue weighted by Gasteiger charge is -2.32. The fourth-order valence-electron chi connectivity index (χ4n) is 2.89. The van der Waals surface area contributed by atoms with Crippen molar-refractivity contribution in [3.8, 4) is 0 Å². The molecule has 20 heavy (non-hydrogen) atoms.